The molecule has 1 saturated heterocycles. The topological polar surface area (TPSA) is 38.8 Å². The van der Waals surface area contributed by atoms with Gasteiger partial charge in [-0.25, -0.2) is 4.79 Å². The van der Waals surface area contributed by atoms with Crippen LogP contribution in [0.1, 0.15) is 40.0 Å². The summed E-state index contributed by atoms with van der Waals surface area (Å²) in [5, 5.41) is 0.631. The summed E-state index contributed by atoms with van der Waals surface area (Å²) in [6, 6.07) is 7.49. The molecule has 1 aromatic carbocycles. The van der Waals surface area contributed by atoms with Gasteiger partial charge in [0.1, 0.15) is 11.4 Å². The fourth-order valence-electron chi connectivity index (χ4n) is 2.69. The summed E-state index contributed by atoms with van der Waals surface area (Å²) < 4.78 is 11.2. The Morgan fingerprint density at radius 2 is 2.09 bits per heavy atom. The second-order valence-electron chi connectivity index (χ2n) is 7.00. The zero-order chi connectivity index (χ0) is 16.9. The van der Waals surface area contributed by atoms with Crippen LogP contribution in [0, 0.1) is 5.92 Å². The van der Waals surface area contributed by atoms with Crippen LogP contribution in [0.2, 0.25) is 5.02 Å². The monoisotopic (exact) mass is 339 g/mol. The number of carbonyl (C=O) groups excluding carboxylic acids is 1. The number of benzene rings is 1. The van der Waals surface area contributed by atoms with Gasteiger partial charge in [-0.1, -0.05) is 23.7 Å². The maximum Gasteiger partial charge on any atom is 0.410 e. The van der Waals surface area contributed by atoms with E-state index >= 15 is 0 Å². The second-order valence-corrected chi connectivity index (χ2v) is 7.41. The Hall–Kier alpha value is -1.42. The van der Waals surface area contributed by atoms with Crippen LogP contribution in [0.4, 0.5) is 4.79 Å². The average molecular weight is 340 g/mol. The highest BCUT2D eigenvalue weighted by Crippen LogP contribution is 2.25. The summed E-state index contributed by atoms with van der Waals surface area (Å²) in [6.45, 7) is 7.80. The third-order valence-corrected chi connectivity index (χ3v) is 4.10. The first-order valence-electron chi connectivity index (χ1n) is 8.20. The van der Waals surface area contributed by atoms with Gasteiger partial charge in [-0.15, -0.1) is 0 Å². The van der Waals surface area contributed by atoms with Crippen molar-refractivity contribution in [2.75, 3.05) is 19.7 Å². The molecule has 0 saturated carbocycles. The van der Waals surface area contributed by atoms with Crippen LogP contribution in [0.3, 0.4) is 0 Å². The molecule has 0 bridgehead atoms. The summed E-state index contributed by atoms with van der Waals surface area (Å²) in [5.41, 5.74) is -0.447. The van der Waals surface area contributed by atoms with Gasteiger partial charge in [0.2, 0.25) is 0 Å². The molecule has 23 heavy (non-hydrogen) atoms. The zero-order valence-corrected chi connectivity index (χ0v) is 14.9. The van der Waals surface area contributed by atoms with Gasteiger partial charge in [0.25, 0.3) is 0 Å². The van der Waals surface area contributed by atoms with Crippen LogP contribution in [-0.2, 0) is 4.74 Å². The standard InChI is InChI=1S/C18H26ClNO3/c1-18(2,3)23-17(21)20-11-6-7-14(13-20)10-12-22-16-9-5-4-8-15(16)19/h4-5,8-9,14H,6-7,10-13H2,1-3H3. The molecule has 1 heterocycles. The molecular formula is C18H26ClNO3. The Morgan fingerprint density at radius 3 is 2.78 bits per heavy atom. The molecule has 5 heteroatoms. The number of hydrogen-bond acceptors (Lipinski definition) is 3. The van der Waals surface area contributed by atoms with Crippen molar-refractivity contribution < 1.29 is 14.3 Å². The molecule has 1 aliphatic rings. The number of halogens is 1. The molecule has 1 fully saturated rings. The summed E-state index contributed by atoms with van der Waals surface area (Å²) >= 11 is 6.08. The highest BCUT2D eigenvalue weighted by molar-refractivity contribution is 6.32. The van der Waals surface area contributed by atoms with Gasteiger partial charge in [0.05, 0.1) is 11.6 Å². The molecule has 1 amide bonds. The largest absolute Gasteiger partial charge is 0.492 e. The maximum atomic E-state index is 12.2. The van der Waals surface area contributed by atoms with E-state index < -0.39 is 5.60 Å². The van der Waals surface area contributed by atoms with Gasteiger partial charge in [0.15, 0.2) is 0 Å². The number of para-hydroxylation sites is 1. The Kier molecular flexibility index (Phi) is 6.17. The Labute approximate surface area is 143 Å². The lowest BCUT2D eigenvalue weighted by atomic mass is 9.95. The van der Waals surface area contributed by atoms with E-state index in [9.17, 15) is 4.79 Å². The minimum Gasteiger partial charge on any atom is -0.492 e. The van der Waals surface area contributed by atoms with Gasteiger partial charge in [-0.3, -0.25) is 0 Å². The molecule has 0 radical (unpaired) electrons. The minimum atomic E-state index is -0.447. The van der Waals surface area contributed by atoms with Crippen molar-refractivity contribution in [3.63, 3.8) is 0 Å². The minimum absolute atomic E-state index is 0.214. The van der Waals surface area contributed by atoms with Crippen molar-refractivity contribution in [3.8, 4) is 5.75 Å². The predicted molar refractivity (Wildman–Crippen MR) is 92.1 cm³/mol. The van der Waals surface area contributed by atoms with E-state index in [2.05, 4.69) is 0 Å². The lowest BCUT2D eigenvalue weighted by Crippen LogP contribution is -2.43. The number of piperidine rings is 1. The predicted octanol–water partition coefficient (Wildman–Crippen LogP) is 4.76. The third kappa shape index (κ3) is 5.94. The van der Waals surface area contributed by atoms with Gasteiger partial charge in [-0.2, -0.15) is 0 Å². The Bertz CT molecular complexity index is 527. The highest BCUT2D eigenvalue weighted by Gasteiger charge is 2.27. The number of amides is 1. The number of rotatable bonds is 4. The van der Waals surface area contributed by atoms with Crippen molar-refractivity contribution in [2.45, 2.75) is 45.6 Å². The molecule has 1 unspecified atom stereocenters. The van der Waals surface area contributed by atoms with Crippen LogP contribution in [0.15, 0.2) is 24.3 Å². The van der Waals surface area contributed by atoms with E-state index in [1.807, 2.05) is 49.9 Å². The van der Waals surface area contributed by atoms with Crippen molar-refractivity contribution in [2.24, 2.45) is 5.92 Å². The smallest absolute Gasteiger partial charge is 0.410 e. The zero-order valence-electron chi connectivity index (χ0n) is 14.2. The lowest BCUT2D eigenvalue weighted by Gasteiger charge is -2.34. The lowest BCUT2D eigenvalue weighted by molar-refractivity contribution is 0.0154. The average Bonchev–Trinajstić information content (AvgIpc) is 2.48. The van der Waals surface area contributed by atoms with Gasteiger partial charge in [0, 0.05) is 13.1 Å². The molecule has 0 aromatic heterocycles. The molecule has 1 aromatic rings. The van der Waals surface area contributed by atoms with E-state index in [-0.39, 0.29) is 6.09 Å². The van der Waals surface area contributed by atoms with Crippen molar-refractivity contribution in [3.05, 3.63) is 29.3 Å². The van der Waals surface area contributed by atoms with Crippen molar-refractivity contribution in [1.82, 2.24) is 4.90 Å². The molecule has 128 valence electrons. The highest BCUT2D eigenvalue weighted by atomic mass is 35.5. The maximum absolute atomic E-state index is 12.2. The van der Waals surface area contributed by atoms with Crippen LogP contribution in [0.25, 0.3) is 0 Å². The number of hydrogen-bond donors (Lipinski definition) is 0. The van der Waals surface area contributed by atoms with E-state index in [0.717, 1.165) is 32.4 Å². The first-order chi connectivity index (χ1) is 10.8. The fourth-order valence-corrected chi connectivity index (χ4v) is 2.88. The SMILES string of the molecule is CC(C)(C)OC(=O)N1CCCC(CCOc2ccccc2Cl)C1. The van der Waals surface area contributed by atoms with Gasteiger partial charge in [-0.05, 0) is 58.1 Å². The van der Waals surface area contributed by atoms with E-state index in [0.29, 0.717) is 23.3 Å². The first kappa shape index (κ1) is 17.9. The number of nitrogens with zero attached hydrogens (tertiary/aromatic N) is 1. The Morgan fingerprint density at radius 1 is 1.35 bits per heavy atom. The van der Waals surface area contributed by atoms with Crippen molar-refractivity contribution in [1.29, 1.82) is 0 Å². The first-order valence-corrected chi connectivity index (χ1v) is 8.58. The normalized spacial score (nSPS) is 18.6. The molecule has 1 aliphatic heterocycles. The molecule has 1 atom stereocenters. The molecule has 4 nitrogen and oxygen atoms in total. The molecule has 0 spiro atoms. The van der Waals surface area contributed by atoms with Crippen LogP contribution in [0.5, 0.6) is 5.75 Å². The summed E-state index contributed by atoms with van der Waals surface area (Å²) in [6.07, 6.45) is 2.82. The van der Waals surface area contributed by atoms with Crippen LogP contribution >= 0.6 is 11.6 Å². The summed E-state index contributed by atoms with van der Waals surface area (Å²) in [5.74, 6) is 1.16. The Balaban J connectivity index is 1.78. The van der Waals surface area contributed by atoms with Gasteiger partial charge >= 0.3 is 6.09 Å². The summed E-state index contributed by atoms with van der Waals surface area (Å²) in [7, 11) is 0. The van der Waals surface area contributed by atoms with Crippen LogP contribution in [-0.4, -0.2) is 36.3 Å². The number of likely N-dealkylation sites (tertiary alicyclic amines) is 1. The van der Waals surface area contributed by atoms with Crippen molar-refractivity contribution >= 4 is 17.7 Å². The van der Waals surface area contributed by atoms with E-state index in [1.54, 1.807) is 0 Å². The quantitative estimate of drug-likeness (QED) is 0.794. The second kappa shape index (κ2) is 7.91. The molecule has 0 aliphatic carbocycles. The van der Waals surface area contributed by atoms with Gasteiger partial charge < -0.3 is 14.4 Å². The van der Waals surface area contributed by atoms with E-state index in [1.165, 1.54) is 0 Å². The number of ether oxygens (including phenoxy) is 2. The van der Waals surface area contributed by atoms with E-state index in [4.69, 9.17) is 21.1 Å². The molecular weight excluding hydrogens is 314 g/mol. The molecule has 0 N–H and O–H groups in total. The van der Waals surface area contributed by atoms with Crippen LogP contribution < -0.4 is 4.74 Å². The third-order valence-electron chi connectivity index (χ3n) is 3.79. The fraction of sp³-hybridized carbons (Fsp3) is 0.611. The number of carbonyl (C=O) groups is 1. The summed E-state index contributed by atoms with van der Waals surface area (Å²) in [4.78, 5) is 14.0. The molecule has 2 rings (SSSR count).